The molecule has 2 bridgehead atoms. The molecule has 1 aromatic heterocycles. The fourth-order valence-electron chi connectivity index (χ4n) is 2.81. The first-order chi connectivity index (χ1) is 7.72. The molecule has 0 spiro atoms. The lowest BCUT2D eigenvalue weighted by Gasteiger charge is -2.22. The van der Waals surface area contributed by atoms with Crippen LogP contribution in [0.1, 0.15) is 29.2 Å². The van der Waals surface area contributed by atoms with Gasteiger partial charge in [-0.15, -0.1) is 0 Å². The Morgan fingerprint density at radius 1 is 1.50 bits per heavy atom. The fraction of sp³-hybridized carbons (Fsp3) is 0.583. The fourth-order valence-corrected chi connectivity index (χ4v) is 2.81. The second-order valence-electron chi connectivity index (χ2n) is 4.83. The third-order valence-electron chi connectivity index (χ3n) is 3.64. The van der Waals surface area contributed by atoms with E-state index in [-0.39, 0.29) is 5.91 Å². The van der Waals surface area contributed by atoms with E-state index in [0.717, 1.165) is 18.7 Å². The van der Waals surface area contributed by atoms with E-state index in [2.05, 4.69) is 10.6 Å². The van der Waals surface area contributed by atoms with Gasteiger partial charge in [0.1, 0.15) is 5.76 Å². The van der Waals surface area contributed by atoms with Gasteiger partial charge < -0.3 is 15.1 Å². The van der Waals surface area contributed by atoms with Gasteiger partial charge in [0.2, 0.25) is 0 Å². The van der Waals surface area contributed by atoms with Gasteiger partial charge in [0.15, 0.2) is 5.76 Å². The largest absolute Gasteiger partial charge is 0.456 e. The van der Waals surface area contributed by atoms with Crippen molar-refractivity contribution < 1.29 is 9.21 Å². The lowest BCUT2D eigenvalue weighted by atomic mass is 10.0. The molecule has 1 aliphatic carbocycles. The van der Waals surface area contributed by atoms with E-state index in [1.165, 1.54) is 6.42 Å². The van der Waals surface area contributed by atoms with E-state index in [0.29, 0.717) is 23.8 Å². The Morgan fingerprint density at radius 3 is 2.94 bits per heavy atom. The minimum atomic E-state index is -0.0781. The van der Waals surface area contributed by atoms with Gasteiger partial charge in [0.05, 0.1) is 0 Å². The van der Waals surface area contributed by atoms with Gasteiger partial charge in [0.25, 0.3) is 5.91 Å². The van der Waals surface area contributed by atoms with Gasteiger partial charge in [-0.1, -0.05) is 0 Å². The lowest BCUT2D eigenvalue weighted by Crippen LogP contribution is -2.44. The highest BCUT2D eigenvalue weighted by atomic mass is 16.3. The summed E-state index contributed by atoms with van der Waals surface area (Å²) >= 11 is 0. The summed E-state index contributed by atoms with van der Waals surface area (Å²) in [7, 11) is 0. The number of hydrogen-bond donors (Lipinski definition) is 2. The van der Waals surface area contributed by atoms with Crippen LogP contribution in [0.2, 0.25) is 0 Å². The molecule has 2 aliphatic rings. The normalized spacial score (nSPS) is 31.9. The number of rotatable bonds is 2. The number of amides is 1. The van der Waals surface area contributed by atoms with Gasteiger partial charge in [-0.2, -0.15) is 0 Å². The first-order valence-corrected chi connectivity index (χ1v) is 5.83. The summed E-state index contributed by atoms with van der Waals surface area (Å²) in [5, 5.41) is 6.50. The zero-order chi connectivity index (χ0) is 11.1. The molecule has 86 valence electrons. The van der Waals surface area contributed by atoms with E-state index >= 15 is 0 Å². The number of hydrogen-bond acceptors (Lipinski definition) is 3. The zero-order valence-corrected chi connectivity index (χ0v) is 9.32. The van der Waals surface area contributed by atoms with Crippen LogP contribution in [0.4, 0.5) is 0 Å². The number of fused-ring (bicyclic) bond motifs is 2. The molecule has 0 radical (unpaired) electrons. The number of nitrogens with one attached hydrogen (secondary N) is 2. The maximum absolute atomic E-state index is 11.9. The third kappa shape index (κ3) is 1.63. The average Bonchev–Trinajstić information content (AvgIpc) is 2.92. The van der Waals surface area contributed by atoms with E-state index < -0.39 is 0 Å². The summed E-state index contributed by atoms with van der Waals surface area (Å²) in [4.78, 5) is 11.9. The summed E-state index contributed by atoms with van der Waals surface area (Å²) in [6.45, 7) is 2.88. The van der Waals surface area contributed by atoms with Crippen LogP contribution < -0.4 is 10.6 Å². The molecular weight excluding hydrogens is 204 g/mol. The van der Waals surface area contributed by atoms with Gasteiger partial charge in [-0.25, -0.2) is 0 Å². The van der Waals surface area contributed by atoms with Crippen LogP contribution in [-0.2, 0) is 0 Å². The Kier molecular flexibility index (Phi) is 2.24. The van der Waals surface area contributed by atoms with Crippen molar-refractivity contribution in [3.8, 4) is 0 Å². The molecule has 3 rings (SSSR count). The third-order valence-corrected chi connectivity index (χ3v) is 3.64. The molecule has 4 nitrogen and oxygen atoms in total. The number of carbonyl (C=O) groups is 1. The molecule has 3 unspecified atom stereocenters. The highest BCUT2D eigenvalue weighted by molar-refractivity contribution is 5.91. The van der Waals surface area contributed by atoms with E-state index in [1.807, 2.05) is 13.0 Å². The van der Waals surface area contributed by atoms with Gasteiger partial charge >= 0.3 is 0 Å². The highest BCUT2D eigenvalue weighted by Crippen LogP contribution is 2.31. The van der Waals surface area contributed by atoms with Crippen LogP contribution in [0.5, 0.6) is 0 Å². The van der Waals surface area contributed by atoms with Crippen LogP contribution in [0, 0.1) is 12.8 Å². The number of aryl methyl sites for hydroxylation is 1. The van der Waals surface area contributed by atoms with Crippen molar-refractivity contribution in [1.82, 2.24) is 10.6 Å². The lowest BCUT2D eigenvalue weighted by molar-refractivity contribution is 0.0895. The summed E-state index contributed by atoms with van der Waals surface area (Å²) in [5.41, 5.74) is 0. The van der Waals surface area contributed by atoms with Crippen molar-refractivity contribution in [3.63, 3.8) is 0 Å². The Balaban J connectivity index is 1.65. The summed E-state index contributed by atoms with van der Waals surface area (Å²) in [5.74, 6) is 1.73. The Labute approximate surface area is 94.4 Å². The summed E-state index contributed by atoms with van der Waals surface area (Å²) < 4.78 is 5.31. The van der Waals surface area contributed by atoms with Crippen molar-refractivity contribution in [1.29, 1.82) is 0 Å². The first kappa shape index (κ1) is 9.90. The molecule has 16 heavy (non-hydrogen) atoms. The molecule has 2 fully saturated rings. The number of carbonyl (C=O) groups excluding carboxylic acids is 1. The standard InChI is InChI=1S/C12H16N2O2/c1-7-2-3-11(16-7)12(15)14-10-5-9-4-8(10)6-13-9/h2-3,8-10,13H,4-6H2,1H3,(H,14,15). The van der Waals surface area contributed by atoms with Crippen LogP contribution in [0.25, 0.3) is 0 Å². The molecule has 2 heterocycles. The van der Waals surface area contributed by atoms with Crippen molar-refractivity contribution in [3.05, 3.63) is 23.7 Å². The second kappa shape index (κ2) is 3.63. The average molecular weight is 220 g/mol. The SMILES string of the molecule is Cc1ccc(C(=O)NC2CC3CC2CN3)o1. The van der Waals surface area contributed by atoms with Crippen LogP contribution in [0.3, 0.4) is 0 Å². The highest BCUT2D eigenvalue weighted by Gasteiger charge is 2.40. The summed E-state index contributed by atoms with van der Waals surface area (Å²) in [6, 6.07) is 4.48. The van der Waals surface area contributed by atoms with Crippen molar-refractivity contribution in [2.24, 2.45) is 5.92 Å². The molecule has 1 aromatic rings. The van der Waals surface area contributed by atoms with E-state index in [1.54, 1.807) is 6.07 Å². The van der Waals surface area contributed by atoms with Crippen molar-refractivity contribution >= 4 is 5.91 Å². The molecule has 3 atom stereocenters. The van der Waals surface area contributed by atoms with Gasteiger partial charge in [-0.05, 0) is 37.8 Å². The van der Waals surface area contributed by atoms with E-state index in [9.17, 15) is 4.79 Å². The van der Waals surface area contributed by atoms with Crippen LogP contribution in [0.15, 0.2) is 16.5 Å². The zero-order valence-electron chi connectivity index (χ0n) is 9.32. The Hall–Kier alpha value is -1.29. The van der Waals surface area contributed by atoms with Gasteiger partial charge in [-0.3, -0.25) is 4.79 Å². The quantitative estimate of drug-likeness (QED) is 0.783. The Bertz CT molecular complexity index is 413. The number of piperidine rings is 1. The van der Waals surface area contributed by atoms with Crippen molar-refractivity contribution in [2.75, 3.05) is 6.54 Å². The smallest absolute Gasteiger partial charge is 0.287 e. The molecule has 1 aliphatic heterocycles. The van der Waals surface area contributed by atoms with Crippen LogP contribution in [-0.4, -0.2) is 24.5 Å². The minimum absolute atomic E-state index is 0.0781. The molecule has 4 heteroatoms. The van der Waals surface area contributed by atoms with Crippen LogP contribution >= 0.6 is 0 Å². The molecule has 1 saturated carbocycles. The molecule has 0 aromatic carbocycles. The summed E-state index contributed by atoms with van der Waals surface area (Å²) in [6.07, 6.45) is 2.25. The molecule has 1 saturated heterocycles. The predicted octanol–water partition coefficient (Wildman–Crippen LogP) is 1.07. The predicted molar refractivity (Wildman–Crippen MR) is 59.2 cm³/mol. The van der Waals surface area contributed by atoms with Crippen molar-refractivity contribution in [2.45, 2.75) is 31.8 Å². The van der Waals surface area contributed by atoms with Gasteiger partial charge in [0, 0.05) is 18.6 Å². The minimum Gasteiger partial charge on any atom is -0.456 e. The molecule has 2 N–H and O–H groups in total. The maximum atomic E-state index is 11.9. The number of furan rings is 1. The first-order valence-electron chi connectivity index (χ1n) is 5.83. The Morgan fingerprint density at radius 2 is 2.38 bits per heavy atom. The topological polar surface area (TPSA) is 54.3 Å². The van der Waals surface area contributed by atoms with E-state index in [4.69, 9.17) is 4.42 Å². The monoisotopic (exact) mass is 220 g/mol. The molecular formula is C12H16N2O2. The second-order valence-corrected chi connectivity index (χ2v) is 4.83. The molecule has 1 amide bonds. The maximum Gasteiger partial charge on any atom is 0.287 e.